The molecule has 8 rings (SSSR count). The third-order valence-corrected chi connectivity index (χ3v) is 11.3. The van der Waals surface area contributed by atoms with E-state index in [1.807, 2.05) is 18.2 Å². The molecule has 2 aromatic carbocycles. The summed E-state index contributed by atoms with van der Waals surface area (Å²) < 4.78 is 22.2. The summed E-state index contributed by atoms with van der Waals surface area (Å²) in [6.45, 7) is 1.36. The Kier molecular flexibility index (Phi) is 11.3. The quantitative estimate of drug-likeness (QED) is 0.134. The average molecular weight is 843 g/mol. The minimum atomic E-state index is -0.753. The number of carbonyl (C=O) groups is 4. The maximum Gasteiger partial charge on any atom is 0.329 e. The lowest BCUT2D eigenvalue weighted by atomic mass is 10.0. The highest BCUT2D eigenvalue weighted by atomic mass is 19.1. The van der Waals surface area contributed by atoms with Crippen molar-refractivity contribution >= 4 is 63.4 Å². The van der Waals surface area contributed by atoms with Crippen LogP contribution in [0.5, 0.6) is 5.75 Å². The number of aryl methyl sites for hydroxylation is 1. The van der Waals surface area contributed by atoms with Gasteiger partial charge in [-0.2, -0.15) is 0 Å². The molecular formula is C43H43FN12O6. The number of halogens is 1. The van der Waals surface area contributed by atoms with Crippen molar-refractivity contribution in [1.29, 1.82) is 0 Å². The minimum Gasteiger partial charge on any atom is -0.494 e. The van der Waals surface area contributed by atoms with Gasteiger partial charge in [0, 0.05) is 70.8 Å². The predicted octanol–water partition coefficient (Wildman–Crippen LogP) is 4.30. The Balaban J connectivity index is 0.920. The highest BCUT2D eigenvalue weighted by molar-refractivity contribution is 6.01. The molecule has 6 heterocycles. The number of carbonyl (C=O) groups excluding carboxylic acids is 4. The van der Waals surface area contributed by atoms with E-state index in [1.54, 1.807) is 55.4 Å². The first kappa shape index (κ1) is 41.1. The summed E-state index contributed by atoms with van der Waals surface area (Å²) in [6.07, 6.45) is 6.92. The molecule has 0 radical (unpaired) electrons. The van der Waals surface area contributed by atoms with Gasteiger partial charge in [0.2, 0.25) is 11.8 Å². The van der Waals surface area contributed by atoms with Gasteiger partial charge in [-0.1, -0.05) is 6.07 Å². The fourth-order valence-electron chi connectivity index (χ4n) is 7.96. The fraction of sp³-hybridized carbons (Fsp3) is 0.279. The van der Waals surface area contributed by atoms with Crippen molar-refractivity contribution in [2.45, 2.75) is 37.8 Å². The van der Waals surface area contributed by atoms with Crippen molar-refractivity contribution < 1.29 is 28.3 Å². The van der Waals surface area contributed by atoms with Gasteiger partial charge in [-0.15, -0.1) is 0 Å². The van der Waals surface area contributed by atoms with Crippen LogP contribution in [-0.4, -0.2) is 97.9 Å². The molecule has 4 aromatic heterocycles. The zero-order valence-corrected chi connectivity index (χ0v) is 34.3. The largest absolute Gasteiger partial charge is 0.494 e. The number of benzene rings is 2. The Morgan fingerprint density at radius 3 is 2.32 bits per heavy atom. The summed E-state index contributed by atoms with van der Waals surface area (Å²) in [5.41, 5.74) is 3.98. The van der Waals surface area contributed by atoms with E-state index in [1.165, 1.54) is 35.7 Å². The number of anilines is 5. The number of rotatable bonds is 11. The maximum absolute atomic E-state index is 13.7. The molecule has 19 heteroatoms. The Labute approximate surface area is 354 Å². The van der Waals surface area contributed by atoms with Gasteiger partial charge in [-0.3, -0.25) is 33.6 Å². The molecule has 0 aliphatic carbocycles. The predicted molar refractivity (Wildman–Crippen MR) is 228 cm³/mol. The SMILES string of the molecule is CNC(=O)c1cnc(Nc2ccc(C(=O)N(C)C3CCN(c4ccc5c(c4)n(C)c(=O)n5C4CCC(=O)NC4=O)CC3)cn2)cc1Nc1cccc(-c2ncc(F)cn2)c1OC. The average Bonchev–Trinajstić information content (AvgIpc) is 3.53. The first-order valence-electron chi connectivity index (χ1n) is 19.9. The number of fused-ring (bicyclic) bond motifs is 1. The van der Waals surface area contributed by atoms with Crippen LogP contribution < -0.4 is 36.6 Å². The van der Waals surface area contributed by atoms with Crippen LogP contribution in [0.4, 0.5) is 33.1 Å². The number of aromatic nitrogens is 6. The molecule has 0 saturated carbocycles. The Morgan fingerprint density at radius 1 is 0.871 bits per heavy atom. The smallest absolute Gasteiger partial charge is 0.329 e. The molecule has 2 fully saturated rings. The normalized spacial score (nSPS) is 15.6. The van der Waals surface area contributed by atoms with Gasteiger partial charge < -0.3 is 30.5 Å². The van der Waals surface area contributed by atoms with Crippen molar-refractivity contribution in [1.82, 2.24) is 44.6 Å². The Bertz CT molecular complexity index is 2770. The fourth-order valence-corrected chi connectivity index (χ4v) is 7.96. The molecule has 0 spiro atoms. The van der Waals surface area contributed by atoms with Gasteiger partial charge in [0.25, 0.3) is 11.8 Å². The second-order valence-electron chi connectivity index (χ2n) is 15.0. The molecule has 2 saturated heterocycles. The number of ether oxygens (including phenoxy) is 1. The first-order valence-corrected chi connectivity index (χ1v) is 19.9. The topological polar surface area (TPSA) is 211 Å². The summed E-state index contributed by atoms with van der Waals surface area (Å²) in [5, 5.41) is 11.4. The molecule has 2 aliphatic rings. The standard InChI is InChI=1S/C43H43FN12O6/c1-45-40(58)29-23-47-36(19-31(29)50-30-7-5-6-28(38(30)62-4)39-48-21-25(44)22-49-39)51-35-12-8-24(20-46-35)42(60)53(2)26-14-16-55(17-15-26)27-9-10-32-34(18-27)54(3)43(61)56(32)33-11-13-37(57)52-41(33)59/h5-10,12,18-23,26,33H,11,13-17H2,1-4H3,(H,45,58)(H,52,57,59)(H2,46,47,50,51). The summed E-state index contributed by atoms with van der Waals surface area (Å²) in [5.74, 6) is -0.532. The third-order valence-electron chi connectivity index (χ3n) is 11.3. The highest BCUT2D eigenvalue weighted by Gasteiger charge is 2.32. The number of imide groups is 1. The van der Waals surface area contributed by atoms with Crippen LogP contribution in [0.1, 0.15) is 52.4 Å². The summed E-state index contributed by atoms with van der Waals surface area (Å²) in [6, 6.07) is 15.2. The molecule has 4 amide bonds. The van der Waals surface area contributed by atoms with Gasteiger partial charge in [-0.05, 0) is 61.7 Å². The van der Waals surface area contributed by atoms with Crippen LogP contribution in [0.3, 0.4) is 0 Å². The van der Waals surface area contributed by atoms with Gasteiger partial charge >= 0.3 is 5.69 Å². The van der Waals surface area contributed by atoms with Crippen molar-refractivity contribution in [3.8, 4) is 17.1 Å². The van der Waals surface area contributed by atoms with E-state index in [0.717, 1.165) is 18.1 Å². The van der Waals surface area contributed by atoms with E-state index in [2.05, 4.69) is 46.1 Å². The Morgan fingerprint density at radius 2 is 1.63 bits per heavy atom. The number of para-hydroxylation sites is 1. The zero-order chi connectivity index (χ0) is 43.7. The lowest BCUT2D eigenvalue weighted by molar-refractivity contribution is -0.135. The molecule has 6 aromatic rings. The van der Waals surface area contributed by atoms with E-state index in [9.17, 15) is 28.4 Å². The van der Waals surface area contributed by atoms with Crippen molar-refractivity contribution in [2.75, 3.05) is 49.8 Å². The number of hydrogen-bond donors (Lipinski definition) is 4. The van der Waals surface area contributed by atoms with Crippen molar-refractivity contribution in [2.24, 2.45) is 7.05 Å². The number of amides is 4. The molecule has 1 atom stereocenters. The lowest BCUT2D eigenvalue weighted by Crippen LogP contribution is -2.45. The second kappa shape index (κ2) is 17.1. The monoisotopic (exact) mass is 842 g/mol. The molecule has 1 unspecified atom stereocenters. The van der Waals surface area contributed by atoms with Crippen LogP contribution in [0.2, 0.25) is 0 Å². The minimum absolute atomic E-state index is 0.0188. The molecule has 318 valence electrons. The van der Waals surface area contributed by atoms with Gasteiger partial charge in [0.15, 0.2) is 17.4 Å². The van der Waals surface area contributed by atoms with Gasteiger partial charge in [0.05, 0.1) is 58.6 Å². The van der Waals surface area contributed by atoms with E-state index in [4.69, 9.17) is 4.74 Å². The van der Waals surface area contributed by atoms with Crippen LogP contribution in [-0.2, 0) is 16.6 Å². The first-order chi connectivity index (χ1) is 29.9. The van der Waals surface area contributed by atoms with Crippen molar-refractivity contribution in [3.05, 3.63) is 107 Å². The van der Waals surface area contributed by atoms with Gasteiger partial charge in [-0.25, -0.2) is 29.1 Å². The van der Waals surface area contributed by atoms with Crippen LogP contribution in [0.15, 0.2) is 84.2 Å². The molecule has 4 N–H and O–H groups in total. The molecule has 2 aliphatic heterocycles. The van der Waals surface area contributed by atoms with Crippen LogP contribution in [0, 0.1) is 5.82 Å². The maximum atomic E-state index is 13.7. The third kappa shape index (κ3) is 7.98. The lowest BCUT2D eigenvalue weighted by Gasteiger charge is -2.38. The number of nitrogens with one attached hydrogen (secondary N) is 4. The Hall–Kier alpha value is -7.70. The zero-order valence-electron chi connectivity index (χ0n) is 34.3. The molecule has 0 bridgehead atoms. The molecule has 18 nitrogen and oxygen atoms in total. The number of imidazole rings is 1. The van der Waals surface area contributed by atoms with Crippen LogP contribution in [0.25, 0.3) is 22.4 Å². The molecule has 62 heavy (non-hydrogen) atoms. The van der Waals surface area contributed by atoms with Crippen LogP contribution >= 0.6 is 0 Å². The van der Waals surface area contributed by atoms with E-state index in [-0.39, 0.29) is 53.7 Å². The summed E-state index contributed by atoms with van der Waals surface area (Å²) in [7, 11) is 6.46. The highest BCUT2D eigenvalue weighted by Crippen LogP contribution is 2.38. The van der Waals surface area contributed by atoms with E-state index >= 15 is 0 Å². The number of pyridine rings is 2. The summed E-state index contributed by atoms with van der Waals surface area (Å²) in [4.78, 5) is 85.2. The second-order valence-corrected chi connectivity index (χ2v) is 15.0. The number of hydrogen-bond acceptors (Lipinski definition) is 13. The number of piperidine rings is 2. The number of nitrogens with zero attached hydrogens (tertiary/aromatic N) is 8. The molecular weight excluding hydrogens is 800 g/mol. The number of methoxy groups -OCH3 is 1. The van der Waals surface area contributed by atoms with E-state index in [0.29, 0.717) is 76.9 Å². The summed E-state index contributed by atoms with van der Waals surface area (Å²) >= 11 is 0. The van der Waals surface area contributed by atoms with Gasteiger partial charge in [0.1, 0.15) is 17.7 Å². The van der Waals surface area contributed by atoms with Crippen molar-refractivity contribution in [3.63, 3.8) is 0 Å². The van der Waals surface area contributed by atoms with E-state index < -0.39 is 17.8 Å².